The molecule has 0 aromatic carbocycles. The van der Waals surface area contributed by atoms with Crippen LogP contribution in [0.15, 0.2) is 12.7 Å². The van der Waals surface area contributed by atoms with Gasteiger partial charge in [-0.15, -0.1) is 6.58 Å². The second kappa shape index (κ2) is 5.47. The number of nitrogens with one attached hydrogen (secondary N) is 2. The van der Waals surface area contributed by atoms with Gasteiger partial charge in [-0.25, -0.2) is 4.79 Å². The Labute approximate surface area is 87.9 Å². The highest BCUT2D eigenvalue weighted by Gasteiger charge is 2.26. The minimum atomic E-state index is -0.527. The lowest BCUT2D eigenvalue weighted by molar-refractivity contribution is -0.123. The van der Waals surface area contributed by atoms with Crippen molar-refractivity contribution in [3.8, 4) is 0 Å². The summed E-state index contributed by atoms with van der Waals surface area (Å²) < 4.78 is 0. The first-order chi connectivity index (χ1) is 7.11. The Morgan fingerprint density at radius 3 is 2.73 bits per heavy atom. The maximum atomic E-state index is 11.2. The second-order valence-electron chi connectivity index (χ2n) is 3.39. The largest absolute Gasteiger partial charge is 0.390 e. The molecule has 1 aliphatic heterocycles. The molecule has 0 aromatic heterocycles. The monoisotopic (exact) mass is 213 g/mol. The van der Waals surface area contributed by atoms with E-state index < -0.39 is 6.03 Å². The van der Waals surface area contributed by atoms with Crippen LogP contribution in [0.2, 0.25) is 0 Å². The van der Waals surface area contributed by atoms with Crippen molar-refractivity contribution in [1.82, 2.24) is 15.5 Å². The van der Waals surface area contributed by atoms with E-state index in [9.17, 15) is 9.59 Å². The van der Waals surface area contributed by atoms with Crippen LogP contribution >= 0.6 is 0 Å². The normalized spacial score (nSPS) is 16.6. The fourth-order valence-electron chi connectivity index (χ4n) is 1.25. The fraction of sp³-hybridized carbons (Fsp3) is 0.556. The highest BCUT2D eigenvalue weighted by atomic mass is 16.3. The quantitative estimate of drug-likeness (QED) is 0.506. The Hall–Kier alpha value is -1.40. The summed E-state index contributed by atoms with van der Waals surface area (Å²) in [6, 6.07) is -0.527. The summed E-state index contributed by atoms with van der Waals surface area (Å²) in [7, 11) is 0. The zero-order valence-electron chi connectivity index (χ0n) is 8.40. The maximum absolute atomic E-state index is 11.2. The standard InChI is InChI=1S/C9H15N3O3/c1-2-3-10-9(15)11-8(14)6-12-4-7(13)5-12/h2,7,13H,1,3-6H2,(H2,10,11,14,15). The van der Waals surface area contributed by atoms with Crippen molar-refractivity contribution in [3.05, 3.63) is 12.7 Å². The van der Waals surface area contributed by atoms with Crippen LogP contribution in [0.1, 0.15) is 0 Å². The van der Waals surface area contributed by atoms with Gasteiger partial charge >= 0.3 is 6.03 Å². The summed E-state index contributed by atoms with van der Waals surface area (Å²) in [5.74, 6) is -0.372. The molecule has 1 rings (SSSR count). The number of carbonyl (C=O) groups is 2. The number of imide groups is 1. The summed E-state index contributed by atoms with van der Waals surface area (Å²) in [6.45, 7) is 4.86. The first-order valence-corrected chi connectivity index (χ1v) is 4.71. The number of amides is 3. The van der Waals surface area contributed by atoms with Crippen LogP contribution < -0.4 is 10.6 Å². The number of carbonyl (C=O) groups excluding carboxylic acids is 2. The predicted octanol–water partition coefficient (Wildman–Crippen LogP) is -1.33. The van der Waals surface area contributed by atoms with Crippen molar-refractivity contribution >= 4 is 11.9 Å². The molecular weight excluding hydrogens is 198 g/mol. The first kappa shape index (κ1) is 11.7. The van der Waals surface area contributed by atoms with Crippen LogP contribution in [0.4, 0.5) is 4.79 Å². The molecule has 3 amide bonds. The van der Waals surface area contributed by atoms with E-state index in [0.717, 1.165) is 0 Å². The number of nitrogens with zero attached hydrogens (tertiary/aromatic N) is 1. The molecule has 1 fully saturated rings. The third kappa shape index (κ3) is 4.09. The van der Waals surface area contributed by atoms with Crippen molar-refractivity contribution in [1.29, 1.82) is 0 Å². The minimum Gasteiger partial charge on any atom is -0.390 e. The molecular formula is C9H15N3O3. The molecule has 0 aliphatic carbocycles. The van der Waals surface area contributed by atoms with Crippen LogP contribution in [-0.2, 0) is 4.79 Å². The number of aliphatic hydroxyl groups excluding tert-OH is 1. The molecule has 1 saturated heterocycles. The van der Waals surface area contributed by atoms with Gasteiger partial charge in [-0.05, 0) is 0 Å². The van der Waals surface area contributed by atoms with Crippen LogP contribution in [0, 0.1) is 0 Å². The molecule has 15 heavy (non-hydrogen) atoms. The number of rotatable bonds is 4. The number of hydrogen-bond donors (Lipinski definition) is 3. The average molecular weight is 213 g/mol. The Bertz CT molecular complexity index is 261. The number of urea groups is 1. The SMILES string of the molecule is C=CCNC(=O)NC(=O)CN1CC(O)C1. The molecule has 6 nitrogen and oxygen atoms in total. The van der Waals surface area contributed by atoms with E-state index >= 15 is 0 Å². The summed E-state index contributed by atoms with van der Waals surface area (Å²) in [6.07, 6.45) is 1.18. The summed E-state index contributed by atoms with van der Waals surface area (Å²) >= 11 is 0. The molecule has 1 heterocycles. The molecule has 1 aliphatic rings. The lowest BCUT2D eigenvalue weighted by Gasteiger charge is -2.34. The van der Waals surface area contributed by atoms with Gasteiger partial charge in [0.2, 0.25) is 5.91 Å². The van der Waals surface area contributed by atoms with E-state index in [1.807, 2.05) is 0 Å². The van der Waals surface area contributed by atoms with Gasteiger partial charge in [-0.1, -0.05) is 6.08 Å². The average Bonchev–Trinajstić information content (AvgIpc) is 2.12. The van der Waals surface area contributed by atoms with Gasteiger partial charge in [0.15, 0.2) is 0 Å². The molecule has 6 heteroatoms. The van der Waals surface area contributed by atoms with Crippen molar-refractivity contribution in [2.45, 2.75) is 6.10 Å². The third-order valence-corrected chi connectivity index (χ3v) is 1.97. The predicted molar refractivity (Wildman–Crippen MR) is 54.2 cm³/mol. The number of β-amino-alcohol motifs (C(OH)–C–C–N with tert-alkyl or cyclic N) is 1. The van der Waals surface area contributed by atoms with Crippen molar-refractivity contribution in [2.75, 3.05) is 26.2 Å². The Balaban J connectivity index is 2.12. The topological polar surface area (TPSA) is 81.7 Å². The maximum Gasteiger partial charge on any atom is 0.321 e. The molecule has 0 unspecified atom stereocenters. The van der Waals surface area contributed by atoms with E-state index in [1.165, 1.54) is 6.08 Å². The van der Waals surface area contributed by atoms with E-state index in [0.29, 0.717) is 19.6 Å². The highest BCUT2D eigenvalue weighted by Crippen LogP contribution is 2.05. The molecule has 0 radical (unpaired) electrons. The second-order valence-corrected chi connectivity index (χ2v) is 3.39. The van der Waals surface area contributed by atoms with Crippen LogP contribution in [-0.4, -0.2) is 54.2 Å². The summed E-state index contributed by atoms with van der Waals surface area (Å²) in [5, 5.41) is 13.6. The lowest BCUT2D eigenvalue weighted by Crippen LogP contribution is -2.55. The smallest absolute Gasteiger partial charge is 0.321 e. The van der Waals surface area contributed by atoms with E-state index in [-0.39, 0.29) is 18.6 Å². The third-order valence-electron chi connectivity index (χ3n) is 1.97. The fourth-order valence-corrected chi connectivity index (χ4v) is 1.25. The molecule has 0 aromatic rings. The summed E-state index contributed by atoms with van der Waals surface area (Å²) in [4.78, 5) is 24.0. The highest BCUT2D eigenvalue weighted by molar-refractivity contribution is 5.95. The zero-order chi connectivity index (χ0) is 11.3. The van der Waals surface area contributed by atoms with Gasteiger partial charge in [0, 0.05) is 19.6 Å². The Morgan fingerprint density at radius 2 is 2.20 bits per heavy atom. The summed E-state index contributed by atoms with van der Waals surface area (Å²) in [5.41, 5.74) is 0. The molecule has 0 bridgehead atoms. The lowest BCUT2D eigenvalue weighted by atomic mass is 10.2. The van der Waals surface area contributed by atoms with Crippen molar-refractivity contribution < 1.29 is 14.7 Å². The molecule has 0 saturated carbocycles. The zero-order valence-corrected chi connectivity index (χ0v) is 8.40. The van der Waals surface area contributed by atoms with E-state index in [1.54, 1.807) is 4.90 Å². The van der Waals surface area contributed by atoms with E-state index in [2.05, 4.69) is 17.2 Å². The van der Waals surface area contributed by atoms with Gasteiger partial charge in [0.05, 0.1) is 12.6 Å². The Kier molecular flexibility index (Phi) is 4.26. The van der Waals surface area contributed by atoms with Gasteiger partial charge in [0.25, 0.3) is 0 Å². The van der Waals surface area contributed by atoms with Crippen LogP contribution in [0.25, 0.3) is 0 Å². The molecule has 0 atom stereocenters. The van der Waals surface area contributed by atoms with Gasteiger partial charge in [-0.3, -0.25) is 15.0 Å². The molecule has 3 N–H and O–H groups in total. The van der Waals surface area contributed by atoms with Gasteiger partial charge in [-0.2, -0.15) is 0 Å². The minimum absolute atomic E-state index is 0.137. The van der Waals surface area contributed by atoms with Gasteiger partial charge < -0.3 is 10.4 Å². The van der Waals surface area contributed by atoms with E-state index in [4.69, 9.17) is 5.11 Å². The van der Waals surface area contributed by atoms with Crippen LogP contribution in [0.3, 0.4) is 0 Å². The molecule has 0 spiro atoms. The number of hydrogen-bond acceptors (Lipinski definition) is 4. The molecule has 84 valence electrons. The van der Waals surface area contributed by atoms with Crippen molar-refractivity contribution in [2.24, 2.45) is 0 Å². The first-order valence-electron chi connectivity index (χ1n) is 4.71. The van der Waals surface area contributed by atoms with Crippen molar-refractivity contribution in [3.63, 3.8) is 0 Å². The number of aliphatic hydroxyl groups is 1. The Morgan fingerprint density at radius 1 is 1.53 bits per heavy atom. The van der Waals surface area contributed by atoms with Crippen LogP contribution in [0.5, 0.6) is 0 Å². The number of likely N-dealkylation sites (tertiary alicyclic amines) is 1. The van der Waals surface area contributed by atoms with Gasteiger partial charge in [0.1, 0.15) is 0 Å².